The maximum absolute atomic E-state index is 12.6. The second-order valence-corrected chi connectivity index (χ2v) is 8.33. The summed E-state index contributed by atoms with van der Waals surface area (Å²) in [5.41, 5.74) is 1.01. The molecule has 22 heavy (non-hydrogen) atoms. The molecule has 2 atom stereocenters. The summed E-state index contributed by atoms with van der Waals surface area (Å²) in [6.07, 6.45) is 1.67. The first-order valence-corrected chi connectivity index (χ1v) is 9.91. The molecular weight excluding hydrogens is 366 g/mol. The summed E-state index contributed by atoms with van der Waals surface area (Å²) in [7, 11) is -3.47. The largest absolute Gasteiger partial charge is 0.338 e. The molecule has 1 aromatic rings. The van der Waals surface area contributed by atoms with Crippen molar-refractivity contribution in [2.75, 3.05) is 24.2 Å². The summed E-state index contributed by atoms with van der Waals surface area (Å²) in [5, 5.41) is 0.612. The fourth-order valence-electron chi connectivity index (χ4n) is 2.70. The van der Waals surface area contributed by atoms with Gasteiger partial charge in [0.2, 0.25) is 5.91 Å². The number of likely N-dealkylation sites (tertiary alicyclic amines) is 1. The molecule has 0 spiro atoms. The van der Waals surface area contributed by atoms with Gasteiger partial charge in [0, 0.05) is 18.4 Å². The molecule has 0 saturated carbocycles. The van der Waals surface area contributed by atoms with E-state index in [1.54, 1.807) is 35.2 Å². The predicted molar refractivity (Wildman–Crippen MR) is 90.8 cm³/mol. The lowest BCUT2D eigenvalue weighted by molar-refractivity contribution is -0.130. The van der Waals surface area contributed by atoms with Crippen molar-refractivity contribution < 1.29 is 13.2 Å². The lowest BCUT2D eigenvalue weighted by atomic mass is 10.00. The van der Waals surface area contributed by atoms with Crippen LogP contribution in [0.1, 0.15) is 5.56 Å². The number of benzene rings is 1. The Bertz CT molecular complexity index is 654. The standard InChI is InChI=1S/C16H20BrNO3S/c1-3-8-18-10-13(9-17)15(16(18)19)11-22(20,21)14-6-4-12(2)5-7-14/h3-7,13,15H,1,8-11H2,2H3/t13-,15-/m0/s1. The summed E-state index contributed by atoms with van der Waals surface area (Å²) < 4.78 is 25.1. The molecule has 0 unspecified atom stereocenters. The number of carbonyl (C=O) groups excluding carboxylic acids is 1. The van der Waals surface area contributed by atoms with Crippen molar-refractivity contribution in [2.24, 2.45) is 11.8 Å². The molecule has 1 fully saturated rings. The molecular formula is C16H20BrNO3S. The van der Waals surface area contributed by atoms with Gasteiger partial charge in [-0.05, 0) is 25.0 Å². The molecule has 1 saturated heterocycles. The lowest BCUT2D eigenvalue weighted by Gasteiger charge is -2.15. The molecule has 0 radical (unpaired) electrons. The quantitative estimate of drug-likeness (QED) is 0.558. The minimum Gasteiger partial charge on any atom is -0.338 e. The molecule has 6 heteroatoms. The van der Waals surface area contributed by atoms with Crippen LogP contribution < -0.4 is 0 Å². The van der Waals surface area contributed by atoms with E-state index in [0.29, 0.717) is 18.4 Å². The molecule has 1 amide bonds. The van der Waals surface area contributed by atoms with Crippen molar-refractivity contribution in [1.82, 2.24) is 4.90 Å². The van der Waals surface area contributed by atoms with Gasteiger partial charge in [-0.15, -0.1) is 6.58 Å². The van der Waals surface area contributed by atoms with Gasteiger partial charge in [-0.2, -0.15) is 0 Å². The third-order valence-corrected chi connectivity index (χ3v) is 6.60. The van der Waals surface area contributed by atoms with Gasteiger partial charge in [0.15, 0.2) is 9.84 Å². The Labute approximate surface area is 140 Å². The maximum atomic E-state index is 12.6. The molecule has 4 nitrogen and oxygen atoms in total. The van der Waals surface area contributed by atoms with E-state index in [4.69, 9.17) is 0 Å². The third-order valence-electron chi connectivity index (χ3n) is 3.98. The second kappa shape index (κ2) is 6.96. The molecule has 0 bridgehead atoms. The Morgan fingerprint density at radius 2 is 2.00 bits per heavy atom. The van der Waals surface area contributed by atoms with Crippen molar-refractivity contribution in [3.05, 3.63) is 42.5 Å². The van der Waals surface area contributed by atoms with E-state index >= 15 is 0 Å². The number of halogens is 1. The van der Waals surface area contributed by atoms with Gasteiger partial charge in [-0.25, -0.2) is 8.42 Å². The minimum atomic E-state index is -3.47. The SMILES string of the molecule is C=CCN1C[C@H](CBr)[C@H](CS(=O)(=O)c2ccc(C)cc2)C1=O. The molecule has 0 aromatic heterocycles. The first-order chi connectivity index (χ1) is 10.4. The van der Waals surface area contributed by atoms with E-state index < -0.39 is 15.8 Å². The number of hydrogen-bond donors (Lipinski definition) is 0. The van der Waals surface area contributed by atoms with Crippen LogP contribution in [-0.4, -0.2) is 43.4 Å². The van der Waals surface area contributed by atoms with Crippen LogP contribution in [0.25, 0.3) is 0 Å². The van der Waals surface area contributed by atoms with E-state index in [1.807, 2.05) is 6.92 Å². The Kier molecular flexibility index (Phi) is 5.45. The number of carbonyl (C=O) groups is 1. The average Bonchev–Trinajstić information content (AvgIpc) is 2.76. The van der Waals surface area contributed by atoms with E-state index in [1.165, 1.54) is 0 Å². The minimum absolute atomic E-state index is 0.00710. The number of alkyl halides is 1. The second-order valence-electron chi connectivity index (χ2n) is 5.65. The summed E-state index contributed by atoms with van der Waals surface area (Å²) in [4.78, 5) is 14.4. The van der Waals surface area contributed by atoms with Crippen LogP contribution in [0.2, 0.25) is 0 Å². The predicted octanol–water partition coefficient (Wildman–Crippen LogP) is 2.42. The zero-order valence-corrected chi connectivity index (χ0v) is 14.9. The highest BCUT2D eigenvalue weighted by atomic mass is 79.9. The van der Waals surface area contributed by atoms with E-state index in [-0.39, 0.29) is 22.5 Å². The van der Waals surface area contributed by atoms with Crippen LogP contribution in [0, 0.1) is 18.8 Å². The van der Waals surface area contributed by atoms with Crippen LogP contribution >= 0.6 is 15.9 Å². The molecule has 2 rings (SSSR count). The van der Waals surface area contributed by atoms with Crippen molar-refractivity contribution >= 4 is 31.7 Å². The molecule has 1 heterocycles. The number of sulfone groups is 1. The van der Waals surface area contributed by atoms with Gasteiger partial charge in [0.25, 0.3) is 0 Å². The Morgan fingerprint density at radius 1 is 1.36 bits per heavy atom. The Balaban J connectivity index is 2.22. The van der Waals surface area contributed by atoms with Crippen LogP contribution in [0.15, 0.2) is 41.8 Å². The van der Waals surface area contributed by atoms with Gasteiger partial charge >= 0.3 is 0 Å². The van der Waals surface area contributed by atoms with E-state index in [0.717, 1.165) is 5.56 Å². The van der Waals surface area contributed by atoms with E-state index in [9.17, 15) is 13.2 Å². The summed E-state index contributed by atoms with van der Waals surface area (Å²) >= 11 is 3.40. The normalized spacial score (nSPS) is 22.1. The lowest BCUT2D eigenvalue weighted by Crippen LogP contribution is -2.30. The van der Waals surface area contributed by atoms with E-state index in [2.05, 4.69) is 22.5 Å². The molecule has 0 aliphatic carbocycles. The molecule has 120 valence electrons. The van der Waals surface area contributed by atoms with Crippen molar-refractivity contribution in [3.8, 4) is 0 Å². The number of rotatable bonds is 6. The van der Waals surface area contributed by atoms with Crippen LogP contribution in [-0.2, 0) is 14.6 Å². The number of amides is 1. The monoisotopic (exact) mass is 385 g/mol. The van der Waals surface area contributed by atoms with Gasteiger partial charge in [-0.1, -0.05) is 39.7 Å². The third kappa shape index (κ3) is 3.60. The van der Waals surface area contributed by atoms with Gasteiger partial charge in [-0.3, -0.25) is 4.79 Å². The number of hydrogen-bond acceptors (Lipinski definition) is 3. The zero-order chi connectivity index (χ0) is 16.3. The molecule has 1 aliphatic rings. The highest BCUT2D eigenvalue weighted by molar-refractivity contribution is 9.09. The first kappa shape index (κ1) is 17.2. The molecule has 1 aromatic carbocycles. The van der Waals surface area contributed by atoms with Gasteiger partial charge in [0.05, 0.1) is 16.6 Å². The Hall–Kier alpha value is -1.14. The van der Waals surface area contributed by atoms with Crippen LogP contribution in [0.3, 0.4) is 0 Å². The highest BCUT2D eigenvalue weighted by Crippen LogP contribution is 2.29. The van der Waals surface area contributed by atoms with Crippen LogP contribution in [0.4, 0.5) is 0 Å². The zero-order valence-electron chi connectivity index (χ0n) is 12.5. The summed E-state index contributed by atoms with van der Waals surface area (Å²) in [6, 6.07) is 6.76. The summed E-state index contributed by atoms with van der Waals surface area (Å²) in [5.74, 6) is -0.725. The number of aryl methyl sites for hydroxylation is 1. The highest BCUT2D eigenvalue weighted by Gasteiger charge is 2.41. The fraction of sp³-hybridized carbons (Fsp3) is 0.438. The summed E-state index contributed by atoms with van der Waals surface area (Å²) in [6.45, 7) is 6.58. The Morgan fingerprint density at radius 3 is 2.55 bits per heavy atom. The maximum Gasteiger partial charge on any atom is 0.227 e. The van der Waals surface area contributed by atoms with Gasteiger partial charge < -0.3 is 4.90 Å². The average molecular weight is 386 g/mol. The van der Waals surface area contributed by atoms with Crippen LogP contribution in [0.5, 0.6) is 0 Å². The van der Waals surface area contributed by atoms with Crippen molar-refractivity contribution in [1.29, 1.82) is 0 Å². The topological polar surface area (TPSA) is 54.5 Å². The fourth-order valence-corrected chi connectivity index (χ4v) is 4.99. The molecule has 0 N–H and O–H groups in total. The van der Waals surface area contributed by atoms with Crippen molar-refractivity contribution in [3.63, 3.8) is 0 Å². The number of nitrogens with zero attached hydrogens (tertiary/aromatic N) is 1. The van der Waals surface area contributed by atoms with Gasteiger partial charge in [0.1, 0.15) is 0 Å². The van der Waals surface area contributed by atoms with Crippen molar-refractivity contribution in [2.45, 2.75) is 11.8 Å². The smallest absolute Gasteiger partial charge is 0.227 e. The molecule has 1 aliphatic heterocycles. The first-order valence-electron chi connectivity index (χ1n) is 7.14.